The minimum absolute atomic E-state index is 0.0481. The van der Waals surface area contributed by atoms with E-state index in [9.17, 15) is 9.59 Å². The zero-order valence-electron chi connectivity index (χ0n) is 11.5. The van der Waals surface area contributed by atoms with Gasteiger partial charge in [-0.2, -0.15) is 0 Å². The third-order valence-electron chi connectivity index (χ3n) is 2.39. The number of rotatable bonds is 8. The van der Waals surface area contributed by atoms with Crippen LogP contribution >= 0.6 is 0 Å². The van der Waals surface area contributed by atoms with Crippen LogP contribution in [-0.4, -0.2) is 67.2 Å². The summed E-state index contributed by atoms with van der Waals surface area (Å²) in [5.74, 6) is -1.16. The summed E-state index contributed by atoms with van der Waals surface area (Å²) in [5, 5.41) is 17.8. The highest BCUT2D eigenvalue weighted by Crippen LogP contribution is 2.07. The maximum absolute atomic E-state index is 11.4. The van der Waals surface area contributed by atoms with Crippen molar-refractivity contribution in [3.05, 3.63) is 23.0 Å². The van der Waals surface area contributed by atoms with Crippen LogP contribution in [0.15, 0.2) is 23.0 Å². The summed E-state index contributed by atoms with van der Waals surface area (Å²) < 4.78 is 5.36. The molecule has 0 aromatic heterocycles. The number of carbonyl (C=O) groups excluding carboxylic acids is 1. The van der Waals surface area contributed by atoms with Crippen molar-refractivity contribution < 1.29 is 23.9 Å². The number of carboxylic acid groups (broad SMARTS) is 1. The number of aliphatic hydroxyl groups is 1. The van der Waals surface area contributed by atoms with Crippen LogP contribution in [-0.2, 0) is 13.7 Å². The number of likely N-dealkylation sites (N-methyl/N-ethyl adjacent to an activating group) is 1. The molecule has 0 saturated carbocycles. The first-order valence-electron chi connectivity index (χ1n) is 5.89. The largest absolute Gasteiger partial charge is 0.478 e. The fraction of sp³-hybridized carbons (Fsp3) is 0.455. The molecule has 0 radical (unpaired) electrons. The quantitative estimate of drug-likeness (QED) is 0.421. The molecule has 0 aliphatic heterocycles. The molecule has 1 unspecified atom stereocenters. The highest BCUT2D eigenvalue weighted by Gasteiger charge is 2.11. The average molecular weight is 303 g/mol. The van der Waals surface area contributed by atoms with Gasteiger partial charge in [-0.15, -0.1) is 0 Å². The molecule has 0 aromatic carbocycles. The van der Waals surface area contributed by atoms with E-state index in [2.05, 4.69) is 0 Å². The Morgan fingerprint density at radius 3 is 2.47 bits per heavy atom. The summed E-state index contributed by atoms with van der Waals surface area (Å²) in [4.78, 5) is 23.9. The third-order valence-corrected chi connectivity index (χ3v) is 5.87. The van der Waals surface area contributed by atoms with Crippen LogP contribution in [0.3, 0.4) is 0 Å². The summed E-state index contributed by atoms with van der Waals surface area (Å²) in [7, 11) is 1.81. The normalized spacial score (nSPS) is 13.7. The minimum Gasteiger partial charge on any atom is -0.478 e. The van der Waals surface area contributed by atoms with Crippen molar-refractivity contribution in [3.63, 3.8) is 0 Å². The zero-order valence-corrected chi connectivity index (χ0v) is 14.7. The van der Waals surface area contributed by atoms with Crippen LogP contribution in [0.1, 0.15) is 12.8 Å². The highest BCUT2D eigenvalue weighted by atomic mass is 28.3. The van der Waals surface area contributed by atoms with Gasteiger partial charge in [-0.25, -0.2) is 4.79 Å². The second kappa shape index (κ2) is 9.67. The molecular weight excluding hydrogens is 282 g/mol. The van der Waals surface area contributed by atoms with Gasteiger partial charge in [0.15, 0.2) is 0 Å². The molecule has 0 saturated heterocycles. The number of aliphatic carboxylic acids is 1. The van der Waals surface area contributed by atoms with Gasteiger partial charge in [-0.3, -0.25) is 4.79 Å². The molecule has 19 heavy (non-hydrogen) atoms. The van der Waals surface area contributed by atoms with Crippen LogP contribution in [0.5, 0.6) is 0 Å². The lowest BCUT2D eigenvalue weighted by Crippen LogP contribution is -2.21. The molecule has 8 heteroatoms. The Labute approximate surface area is 117 Å². The smallest absolute Gasteiger partial charge is 0.330 e. The molecule has 0 spiro atoms. The van der Waals surface area contributed by atoms with Gasteiger partial charge >= 0.3 is 5.97 Å². The molecule has 1 atom stereocenters. The van der Waals surface area contributed by atoms with Crippen molar-refractivity contribution in [3.8, 4) is 0 Å². The summed E-state index contributed by atoms with van der Waals surface area (Å²) in [6.07, 6.45) is 2.12. The van der Waals surface area contributed by atoms with Crippen molar-refractivity contribution >= 4 is 31.4 Å². The lowest BCUT2D eigenvalue weighted by Gasteiger charge is -2.09. The van der Waals surface area contributed by atoms with Crippen molar-refractivity contribution in [2.24, 2.45) is 0 Å². The van der Waals surface area contributed by atoms with Crippen molar-refractivity contribution in [2.45, 2.75) is 12.8 Å². The Kier molecular flexibility index (Phi) is 9.05. The summed E-state index contributed by atoms with van der Waals surface area (Å²) in [6.45, 7) is -0.0481. The minimum atomic E-state index is -1.96. The maximum Gasteiger partial charge on any atom is 0.330 e. The van der Waals surface area contributed by atoms with Gasteiger partial charge < -0.3 is 19.2 Å². The van der Waals surface area contributed by atoms with Gasteiger partial charge in [0.2, 0.25) is 14.9 Å². The molecule has 108 valence electrons. The molecule has 0 aromatic rings. The molecule has 6 nitrogen and oxygen atoms in total. The molecule has 0 aliphatic rings. The van der Waals surface area contributed by atoms with Gasteiger partial charge in [0, 0.05) is 26.3 Å². The SMILES string of the molecule is CN(C)C(=O)C=C[SiH](C=C(CCCO)C(=O)O)O[SiH3]. The second-order valence-electron chi connectivity index (χ2n) is 4.12. The van der Waals surface area contributed by atoms with E-state index in [0.717, 1.165) is 0 Å². The number of aliphatic hydroxyl groups excluding tert-OH is 1. The van der Waals surface area contributed by atoms with E-state index in [1.54, 1.807) is 25.5 Å². The van der Waals surface area contributed by atoms with E-state index in [-0.39, 0.29) is 18.1 Å². The molecule has 0 heterocycles. The fourth-order valence-electron chi connectivity index (χ4n) is 1.26. The fourth-order valence-corrected chi connectivity index (χ4v) is 3.60. The van der Waals surface area contributed by atoms with Gasteiger partial charge in [-0.1, -0.05) is 11.4 Å². The first kappa shape index (κ1) is 17.8. The lowest BCUT2D eigenvalue weighted by atomic mass is 10.2. The molecule has 0 fully saturated rings. The molecule has 1 amide bonds. The summed E-state index contributed by atoms with van der Waals surface area (Å²) in [5.41, 5.74) is 3.50. The molecular formula is C11H21NO5Si2. The molecule has 0 aliphatic carbocycles. The van der Waals surface area contributed by atoms with Crippen molar-refractivity contribution in [1.82, 2.24) is 4.90 Å². The molecule has 2 N–H and O–H groups in total. The van der Waals surface area contributed by atoms with E-state index in [4.69, 9.17) is 14.3 Å². The number of hydrogen-bond acceptors (Lipinski definition) is 4. The predicted octanol–water partition coefficient (Wildman–Crippen LogP) is -1.49. The Morgan fingerprint density at radius 2 is 2.05 bits per heavy atom. The van der Waals surface area contributed by atoms with E-state index in [0.29, 0.717) is 23.3 Å². The van der Waals surface area contributed by atoms with E-state index in [1.807, 2.05) is 0 Å². The van der Waals surface area contributed by atoms with Gasteiger partial charge in [0.1, 0.15) is 10.5 Å². The number of nitrogens with zero attached hydrogens (tertiary/aromatic N) is 1. The van der Waals surface area contributed by atoms with Crippen LogP contribution in [0.2, 0.25) is 0 Å². The van der Waals surface area contributed by atoms with Gasteiger partial charge in [0.25, 0.3) is 0 Å². The molecule has 0 bridgehead atoms. The number of carbonyl (C=O) groups is 2. The summed E-state index contributed by atoms with van der Waals surface area (Å²) in [6, 6.07) is 0. The number of carboxylic acids is 1. The zero-order chi connectivity index (χ0) is 14.8. The predicted molar refractivity (Wildman–Crippen MR) is 78.0 cm³/mol. The van der Waals surface area contributed by atoms with Crippen LogP contribution in [0.4, 0.5) is 0 Å². The number of hydrogen-bond donors (Lipinski definition) is 2. The van der Waals surface area contributed by atoms with E-state index < -0.39 is 15.0 Å². The highest BCUT2D eigenvalue weighted by molar-refractivity contribution is 6.66. The van der Waals surface area contributed by atoms with Crippen LogP contribution in [0.25, 0.3) is 0 Å². The Morgan fingerprint density at radius 1 is 1.42 bits per heavy atom. The van der Waals surface area contributed by atoms with Crippen LogP contribution in [0, 0.1) is 0 Å². The standard InChI is InChI=1S/C11H21NO5Si2/c1-12(2)10(14)5-7-19(17-18)8-9(11(15)16)4-3-6-13/h5,7-8,13,19H,3-4,6H2,1-2,18H3,(H,15,16). The topological polar surface area (TPSA) is 87.1 Å². The van der Waals surface area contributed by atoms with E-state index >= 15 is 0 Å². The first-order valence-corrected chi connectivity index (χ1v) is 8.51. The third kappa shape index (κ3) is 7.72. The summed E-state index contributed by atoms with van der Waals surface area (Å²) >= 11 is 0. The second-order valence-corrected chi connectivity index (χ2v) is 7.65. The van der Waals surface area contributed by atoms with Crippen molar-refractivity contribution in [1.29, 1.82) is 0 Å². The van der Waals surface area contributed by atoms with Crippen LogP contribution < -0.4 is 0 Å². The van der Waals surface area contributed by atoms with Gasteiger partial charge in [0.05, 0.1) is 0 Å². The lowest BCUT2D eigenvalue weighted by molar-refractivity contribution is -0.132. The molecule has 0 rings (SSSR count). The monoisotopic (exact) mass is 303 g/mol. The Balaban J connectivity index is 4.82. The Hall–Kier alpha value is -1.23. The average Bonchev–Trinajstić information content (AvgIpc) is 2.37. The van der Waals surface area contributed by atoms with E-state index in [1.165, 1.54) is 11.0 Å². The Bertz CT molecular complexity index is 368. The number of amides is 1. The van der Waals surface area contributed by atoms with Gasteiger partial charge in [-0.05, 0) is 18.9 Å². The first-order chi connectivity index (χ1) is 8.92. The van der Waals surface area contributed by atoms with Crippen molar-refractivity contribution in [2.75, 3.05) is 20.7 Å². The maximum atomic E-state index is 11.4.